The number of nitrogens with zero attached hydrogens (tertiary/aromatic N) is 1. The first-order valence-corrected chi connectivity index (χ1v) is 12.0. The molecule has 7 heteroatoms. The van der Waals surface area contributed by atoms with Crippen LogP contribution >= 0.6 is 11.8 Å². The van der Waals surface area contributed by atoms with E-state index in [1.54, 1.807) is 91.0 Å². The second-order valence-electron chi connectivity index (χ2n) is 7.80. The Morgan fingerprint density at radius 1 is 0.912 bits per heavy atom. The maximum Gasteiger partial charge on any atom is 0.315 e. The van der Waals surface area contributed by atoms with Crippen molar-refractivity contribution in [2.24, 2.45) is 0 Å². The van der Waals surface area contributed by atoms with Crippen LogP contribution in [0.5, 0.6) is 0 Å². The third-order valence-corrected chi connectivity index (χ3v) is 6.14. The topological polar surface area (TPSA) is 49.4 Å². The molecule has 0 heterocycles. The van der Waals surface area contributed by atoms with Crippen LogP contribution in [-0.4, -0.2) is 35.1 Å². The Morgan fingerprint density at radius 3 is 2.06 bits per heavy atom. The van der Waals surface area contributed by atoms with Crippen molar-refractivity contribution in [2.75, 3.05) is 13.1 Å². The summed E-state index contributed by atoms with van der Waals surface area (Å²) in [7, 11) is 0. The fourth-order valence-electron chi connectivity index (χ4n) is 3.51. The Morgan fingerprint density at radius 2 is 1.47 bits per heavy atom. The number of nitrogens with one attached hydrogen (secondary N) is 1. The number of carbonyl (C=O) groups excluding carboxylic acids is 2. The van der Waals surface area contributed by atoms with Gasteiger partial charge in [-0.1, -0.05) is 91.8 Å². The Hall–Kier alpha value is -3.19. The number of unbranched alkanes of at least 4 members (excludes halogenated alkanes) is 1. The summed E-state index contributed by atoms with van der Waals surface area (Å²) < 4.78 is 29.3. The van der Waals surface area contributed by atoms with E-state index in [9.17, 15) is 18.4 Å². The average molecular weight is 483 g/mol. The molecule has 2 amide bonds. The predicted molar refractivity (Wildman–Crippen MR) is 132 cm³/mol. The van der Waals surface area contributed by atoms with E-state index in [1.165, 1.54) is 4.90 Å². The standard InChI is InChI=1S/C27H28F2N2O2S/c1-2-3-19-31(26(33)22-15-9-5-10-16-22)24(21-13-7-4-8-14-21)25(32)30-20-27(28,29)34-23-17-11-6-12-18-23/h4-18,24H,2-3,19-20H2,1H3,(H,30,32). The van der Waals surface area contributed by atoms with Gasteiger partial charge in [-0.05, 0) is 36.2 Å². The fraction of sp³-hybridized carbons (Fsp3) is 0.259. The molecule has 3 aromatic carbocycles. The van der Waals surface area contributed by atoms with E-state index in [0.29, 0.717) is 40.7 Å². The lowest BCUT2D eigenvalue weighted by molar-refractivity contribution is -0.126. The van der Waals surface area contributed by atoms with E-state index in [2.05, 4.69) is 5.32 Å². The first-order valence-electron chi connectivity index (χ1n) is 11.2. The maximum atomic E-state index is 14.6. The van der Waals surface area contributed by atoms with Gasteiger partial charge in [0, 0.05) is 17.0 Å². The van der Waals surface area contributed by atoms with Crippen molar-refractivity contribution >= 4 is 23.6 Å². The van der Waals surface area contributed by atoms with Gasteiger partial charge in [0.05, 0.1) is 6.54 Å². The summed E-state index contributed by atoms with van der Waals surface area (Å²) in [5.74, 6) is -0.955. The normalized spacial score (nSPS) is 12.1. The molecule has 0 aliphatic heterocycles. The van der Waals surface area contributed by atoms with E-state index >= 15 is 0 Å². The zero-order valence-electron chi connectivity index (χ0n) is 19.0. The molecule has 1 unspecified atom stereocenters. The van der Waals surface area contributed by atoms with Crippen LogP contribution in [0.1, 0.15) is 41.7 Å². The van der Waals surface area contributed by atoms with Gasteiger partial charge in [-0.25, -0.2) is 0 Å². The Balaban J connectivity index is 1.85. The molecule has 1 atom stereocenters. The Kier molecular flexibility index (Phi) is 9.22. The van der Waals surface area contributed by atoms with Gasteiger partial charge >= 0.3 is 5.25 Å². The molecule has 0 spiro atoms. The molecule has 3 aromatic rings. The van der Waals surface area contributed by atoms with Crippen molar-refractivity contribution in [3.05, 3.63) is 102 Å². The van der Waals surface area contributed by atoms with Crippen LogP contribution in [0.25, 0.3) is 0 Å². The van der Waals surface area contributed by atoms with Crippen LogP contribution in [0, 0.1) is 0 Å². The second kappa shape index (κ2) is 12.3. The highest BCUT2D eigenvalue weighted by Crippen LogP contribution is 2.35. The summed E-state index contributed by atoms with van der Waals surface area (Å²) in [6.07, 6.45) is 1.49. The highest BCUT2D eigenvalue weighted by molar-refractivity contribution is 8.00. The molecule has 0 aromatic heterocycles. The van der Waals surface area contributed by atoms with Crippen LogP contribution in [0.3, 0.4) is 0 Å². The van der Waals surface area contributed by atoms with Crippen molar-refractivity contribution in [3.63, 3.8) is 0 Å². The third-order valence-electron chi connectivity index (χ3n) is 5.19. The summed E-state index contributed by atoms with van der Waals surface area (Å²) in [5.41, 5.74) is 1.01. The lowest BCUT2D eigenvalue weighted by Crippen LogP contribution is -2.46. The number of amides is 2. The molecule has 0 aliphatic carbocycles. The highest BCUT2D eigenvalue weighted by Gasteiger charge is 2.35. The average Bonchev–Trinajstić information content (AvgIpc) is 2.86. The van der Waals surface area contributed by atoms with Crippen molar-refractivity contribution in [3.8, 4) is 0 Å². The molecular weight excluding hydrogens is 454 g/mol. The van der Waals surface area contributed by atoms with Gasteiger partial charge < -0.3 is 10.2 Å². The fourth-order valence-corrected chi connectivity index (χ4v) is 4.30. The van der Waals surface area contributed by atoms with Crippen LogP contribution in [-0.2, 0) is 4.79 Å². The summed E-state index contributed by atoms with van der Waals surface area (Å²) in [4.78, 5) is 28.6. The smallest absolute Gasteiger partial charge is 0.315 e. The van der Waals surface area contributed by atoms with Gasteiger partial charge in [0.25, 0.3) is 5.91 Å². The van der Waals surface area contributed by atoms with Crippen molar-refractivity contribution in [1.29, 1.82) is 0 Å². The van der Waals surface area contributed by atoms with Crippen molar-refractivity contribution in [2.45, 2.75) is 36.0 Å². The molecule has 0 fully saturated rings. The lowest BCUT2D eigenvalue weighted by Gasteiger charge is -2.32. The zero-order chi connectivity index (χ0) is 24.4. The molecule has 0 bridgehead atoms. The number of alkyl halides is 2. The molecule has 178 valence electrons. The van der Waals surface area contributed by atoms with Gasteiger partial charge in [0.15, 0.2) is 0 Å². The summed E-state index contributed by atoms with van der Waals surface area (Å²) >= 11 is 0.392. The first kappa shape index (κ1) is 25.4. The monoisotopic (exact) mass is 482 g/mol. The van der Waals surface area contributed by atoms with Gasteiger partial charge in [0.2, 0.25) is 5.91 Å². The van der Waals surface area contributed by atoms with Gasteiger partial charge in [-0.3, -0.25) is 9.59 Å². The quantitative estimate of drug-likeness (QED) is 0.333. The van der Waals surface area contributed by atoms with Crippen molar-refractivity contribution < 1.29 is 18.4 Å². The van der Waals surface area contributed by atoms with E-state index in [-0.39, 0.29) is 5.91 Å². The molecule has 34 heavy (non-hydrogen) atoms. The predicted octanol–water partition coefficient (Wildman–Crippen LogP) is 6.17. The second-order valence-corrected chi connectivity index (χ2v) is 9.07. The largest absolute Gasteiger partial charge is 0.347 e. The molecule has 4 nitrogen and oxygen atoms in total. The number of thioether (sulfide) groups is 1. The highest BCUT2D eigenvalue weighted by atomic mass is 32.2. The van der Waals surface area contributed by atoms with E-state index in [4.69, 9.17) is 0 Å². The zero-order valence-corrected chi connectivity index (χ0v) is 19.8. The van der Waals surface area contributed by atoms with Crippen LogP contribution in [0.4, 0.5) is 8.78 Å². The third kappa shape index (κ3) is 7.15. The Bertz CT molecular complexity index is 1050. The number of hydrogen-bond acceptors (Lipinski definition) is 3. The number of rotatable bonds is 11. The van der Waals surface area contributed by atoms with Crippen molar-refractivity contribution in [1.82, 2.24) is 10.2 Å². The summed E-state index contributed by atoms with van der Waals surface area (Å²) in [6.45, 7) is 1.46. The minimum Gasteiger partial charge on any atom is -0.347 e. The number of carbonyl (C=O) groups is 2. The minimum absolute atomic E-state index is 0.316. The SMILES string of the molecule is CCCCN(C(=O)c1ccccc1)C(C(=O)NCC(F)(F)Sc1ccccc1)c1ccccc1. The maximum absolute atomic E-state index is 14.6. The van der Waals surface area contributed by atoms with Gasteiger partial charge in [-0.2, -0.15) is 8.78 Å². The molecule has 3 rings (SSSR count). The molecular formula is C27H28F2N2O2S. The summed E-state index contributed by atoms with van der Waals surface area (Å²) in [6, 6.07) is 24.8. The first-order chi connectivity index (χ1) is 16.4. The molecule has 0 saturated heterocycles. The lowest BCUT2D eigenvalue weighted by atomic mass is 10.0. The molecule has 0 saturated carbocycles. The minimum atomic E-state index is -3.21. The molecule has 1 N–H and O–H groups in total. The van der Waals surface area contributed by atoms with E-state index in [1.807, 2.05) is 6.92 Å². The van der Waals surface area contributed by atoms with E-state index in [0.717, 1.165) is 6.42 Å². The Labute approximate surface area is 203 Å². The van der Waals surface area contributed by atoms with Crippen LogP contribution < -0.4 is 5.32 Å². The van der Waals surface area contributed by atoms with Gasteiger partial charge in [0.1, 0.15) is 6.04 Å². The number of benzene rings is 3. The molecule has 0 radical (unpaired) electrons. The summed E-state index contributed by atoms with van der Waals surface area (Å²) in [5, 5.41) is -0.811. The van der Waals surface area contributed by atoms with E-state index < -0.39 is 23.7 Å². The molecule has 0 aliphatic rings. The number of hydrogen-bond donors (Lipinski definition) is 1. The van der Waals surface area contributed by atoms with Gasteiger partial charge in [-0.15, -0.1) is 0 Å². The van der Waals surface area contributed by atoms with Crippen LogP contribution in [0.2, 0.25) is 0 Å². The number of halogens is 2. The van der Waals surface area contributed by atoms with Crippen LogP contribution in [0.15, 0.2) is 95.9 Å².